The number of thioether (sulfide) groups is 1. The number of nitrogens with two attached hydrogens (primary N) is 1. The van der Waals surface area contributed by atoms with Crippen LogP contribution in [0.15, 0.2) is 46.2 Å². The normalized spacial score (nSPS) is 16.8. The van der Waals surface area contributed by atoms with Crippen molar-refractivity contribution in [2.24, 2.45) is 5.73 Å². The van der Waals surface area contributed by atoms with Crippen LogP contribution in [0.25, 0.3) is 0 Å². The van der Waals surface area contributed by atoms with Crippen molar-refractivity contribution in [1.29, 1.82) is 0 Å². The summed E-state index contributed by atoms with van der Waals surface area (Å²) in [6.07, 6.45) is 7.09. The zero-order chi connectivity index (χ0) is 19.8. The van der Waals surface area contributed by atoms with Gasteiger partial charge >= 0.3 is 0 Å². The lowest BCUT2D eigenvalue weighted by molar-refractivity contribution is 0.116. The van der Waals surface area contributed by atoms with Crippen LogP contribution in [0.1, 0.15) is 31.7 Å². The van der Waals surface area contributed by atoms with Crippen molar-refractivity contribution in [1.82, 2.24) is 14.8 Å². The summed E-state index contributed by atoms with van der Waals surface area (Å²) in [6, 6.07) is 7.41. The Hall–Kier alpha value is -0.990. The summed E-state index contributed by atoms with van der Waals surface area (Å²) in [5.74, 6) is 0.841. The first kappa shape index (κ1) is 21.7. The molecule has 1 unspecified atom stereocenters. The minimum absolute atomic E-state index is 0.520. The third-order valence-corrected chi connectivity index (χ3v) is 7.73. The van der Waals surface area contributed by atoms with Crippen molar-refractivity contribution in [2.75, 3.05) is 25.4 Å². The monoisotopic (exact) mass is 434 g/mol. The van der Waals surface area contributed by atoms with Gasteiger partial charge in [0.15, 0.2) is 0 Å². The van der Waals surface area contributed by atoms with Crippen molar-refractivity contribution in [2.45, 2.75) is 49.7 Å². The fraction of sp³-hybridized carbons (Fsp3) is 0.524. The maximum Gasteiger partial charge on any atom is 0.0889 e. The molecule has 1 aliphatic rings. The van der Waals surface area contributed by atoms with E-state index in [1.54, 1.807) is 23.1 Å². The van der Waals surface area contributed by atoms with Gasteiger partial charge in [-0.2, -0.15) is 11.3 Å². The van der Waals surface area contributed by atoms with Crippen LogP contribution in [0.5, 0.6) is 0 Å². The number of likely N-dealkylation sites (tertiary alicyclic amines) is 1. The number of thiophene rings is 1. The number of aromatic nitrogens is 1. The zero-order valence-electron chi connectivity index (χ0n) is 16.5. The van der Waals surface area contributed by atoms with Crippen molar-refractivity contribution in [3.63, 3.8) is 0 Å². The smallest absolute Gasteiger partial charge is 0.0889 e. The Balaban J connectivity index is 1.61. The molecule has 0 spiro atoms. The van der Waals surface area contributed by atoms with Crippen LogP contribution in [-0.2, 0) is 6.54 Å². The fourth-order valence-electron chi connectivity index (χ4n) is 3.72. The van der Waals surface area contributed by atoms with E-state index in [4.69, 9.17) is 18.0 Å². The molecule has 0 bridgehead atoms. The molecule has 0 amide bonds. The second-order valence-electron chi connectivity index (χ2n) is 7.32. The van der Waals surface area contributed by atoms with Gasteiger partial charge in [-0.05, 0) is 67.3 Å². The van der Waals surface area contributed by atoms with E-state index in [0.29, 0.717) is 12.1 Å². The van der Waals surface area contributed by atoms with Crippen molar-refractivity contribution in [3.05, 3.63) is 46.9 Å². The third kappa shape index (κ3) is 6.26. The zero-order valence-corrected chi connectivity index (χ0v) is 18.9. The molecule has 3 heterocycles. The summed E-state index contributed by atoms with van der Waals surface area (Å²) >= 11 is 9.47. The predicted octanol–water partition coefficient (Wildman–Crippen LogP) is 4.27. The highest BCUT2D eigenvalue weighted by Crippen LogP contribution is 2.25. The average Bonchev–Trinajstić information content (AvgIpc) is 3.25. The Kier molecular flexibility index (Phi) is 8.73. The molecule has 0 radical (unpaired) electrons. The number of piperidine rings is 1. The van der Waals surface area contributed by atoms with Crippen LogP contribution in [0.2, 0.25) is 0 Å². The number of hydrogen-bond acceptors (Lipinski definition) is 6. The summed E-state index contributed by atoms with van der Waals surface area (Å²) in [7, 11) is 0. The van der Waals surface area contributed by atoms with Crippen LogP contribution in [0.4, 0.5) is 0 Å². The van der Waals surface area contributed by atoms with Crippen LogP contribution >= 0.6 is 35.3 Å². The Morgan fingerprint density at radius 3 is 2.75 bits per heavy atom. The lowest BCUT2D eigenvalue weighted by atomic mass is 10.0. The lowest BCUT2D eigenvalue weighted by Gasteiger charge is -2.41. The first-order valence-electron chi connectivity index (χ1n) is 9.95. The summed E-state index contributed by atoms with van der Waals surface area (Å²) in [5, 5.41) is 4.39. The van der Waals surface area contributed by atoms with Gasteiger partial charge in [0.25, 0.3) is 0 Å². The van der Waals surface area contributed by atoms with E-state index in [2.05, 4.69) is 38.5 Å². The molecule has 0 saturated carbocycles. The molecule has 2 aromatic heterocycles. The standard InChI is InChI=1S/C21H30N4S3/c1-17(2-8-22)24-11-5-19(6-12-24)25(14-18-7-13-27-15-18)21(26)16-28-20-3-9-23-10-4-20/h3-4,7,9-10,13,15,17,19H,2,5-6,8,11-12,14,16,22H2,1H3. The first-order chi connectivity index (χ1) is 13.7. The Morgan fingerprint density at radius 1 is 1.36 bits per heavy atom. The molecule has 1 saturated heterocycles. The Labute approximate surface area is 182 Å². The topological polar surface area (TPSA) is 45.4 Å². The molecule has 28 heavy (non-hydrogen) atoms. The van der Waals surface area contributed by atoms with Crippen LogP contribution < -0.4 is 5.73 Å². The molecule has 0 aromatic carbocycles. The van der Waals surface area contributed by atoms with Gasteiger partial charge in [-0.25, -0.2) is 0 Å². The average molecular weight is 435 g/mol. The molecule has 0 aliphatic carbocycles. The van der Waals surface area contributed by atoms with E-state index in [9.17, 15) is 0 Å². The summed E-state index contributed by atoms with van der Waals surface area (Å²) < 4.78 is 0. The Morgan fingerprint density at radius 2 is 2.11 bits per heavy atom. The second kappa shape index (κ2) is 11.3. The van der Waals surface area contributed by atoms with E-state index in [1.807, 2.05) is 24.5 Å². The lowest BCUT2D eigenvalue weighted by Crippen LogP contribution is -2.49. The minimum Gasteiger partial charge on any atom is -0.358 e. The summed E-state index contributed by atoms with van der Waals surface area (Å²) in [6.45, 7) is 6.24. The van der Waals surface area contributed by atoms with Crippen molar-refractivity contribution < 1.29 is 0 Å². The quantitative estimate of drug-likeness (QED) is 0.470. The molecule has 4 nitrogen and oxygen atoms in total. The van der Waals surface area contributed by atoms with Gasteiger partial charge < -0.3 is 15.5 Å². The maximum absolute atomic E-state index is 5.91. The van der Waals surface area contributed by atoms with Crippen LogP contribution in [-0.4, -0.2) is 57.2 Å². The largest absolute Gasteiger partial charge is 0.358 e. The molecule has 2 N–H and O–H groups in total. The molecular weight excluding hydrogens is 404 g/mol. The van der Waals surface area contributed by atoms with Gasteiger partial charge in [0.1, 0.15) is 0 Å². The fourth-order valence-corrected chi connectivity index (χ4v) is 5.55. The van der Waals surface area contributed by atoms with Gasteiger partial charge in [0.05, 0.1) is 4.99 Å². The summed E-state index contributed by atoms with van der Waals surface area (Å²) in [5.41, 5.74) is 7.11. The summed E-state index contributed by atoms with van der Waals surface area (Å²) in [4.78, 5) is 11.4. The highest BCUT2D eigenvalue weighted by molar-refractivity contribution is 8.01. The highest BCUT2D eigenvalue weighted by Gasteiger charge is 2.28. The molecule has 7 heteroatoms. The van der Waals surface area contributed by atoms with Gasteiger partial charge in [0, 0.05) is 54.8 Å². The third-order valence-electron chi connectivity index (χ3n) is 5.41. The SMILES string of the molecule is CC(CCN)N1CCC(N(Cc2ccsc2)C(=S)CSc2ccncc2)CC1. The van der Waals surface area contributed by atoms with Crippen molar-refractivity contribution >= 4 is 40.3 Å². The second-order valence-corrected chi connectivity index (χ2v) is 9.62. The molecule has 152 valence electrons. The van der Waals surface area contributed by atoms with E-state index < -0.39 is 0 Å². The number of thiocarbonyl (C=S) groups is 1. The van der Waals surface area contributed by atoms with Gasteiger partial charge in [0.2, 0.25) is 0 Å². The van der Waals surface area contributed by atoms with E-state index >= 15 is 0 Å². The first-order valence-corrected chi connectivity index (χ1v) is 12.3. The number of rotatable bonds is 9. The van der Waals surface area contributed by atoms with E-state index in [-0.39, 0.29) is 0 Å². The number of hydrogen-bond donors (Lipinski definition) is 1. The molecular formula is C21H30N4S3. The molecule has 3 rings (SSSR count). The number of pyridine rings is 1. The van der Waals surface area contributed by atoms with Crippen molar-refractivity contribution in [3.8, 4) is 0 Å². The van der Waals surface area contributed by atoms with Crippen LogP contribution in [0.3, 0.4) is 0 Å². The van der Waals surface area contributed by atoms with Gasteiger partial charge in [-0.15, -0.1) is 11.8 Å². The van der Waals surface area contributed by atoms with E-state index in [1.165, 1.54) is 23.3 Å². The molecule has 1 fully saturated rings. The van der Waals surface area contributed by atoms with Gasteiger partial charge in [-0.1, -0.05) is 12.2 Å². The number of nitrogens with zero attached hydrogens (tertiary/aromatic N) is 3. The van der Waals surface area contributed by atoms with Gasteiger partial charge in [-0.3, -0.25) is 4.98 Å². The molecule has 2 aromatic rings. The molecule has 1 atom stereocenters. The maximum atomic E-state index is 5.91. The highest BCUT2D eigenvalue weighted by atomic mass is 32.2. The van der Waals surface area contributed by atoms with E-state index in [0.717, 1.165) is 43.3 Å². The Bertz CT molecular complexity index is 700. The minimum atomic E-state index is 0.520. The predicted molar refractivity (Wildman–Crippen MR) is 125 cm³/mol. The van der Waals surface area contributed by atoms with Crippen LogP contribution in [0, 0.1) is 0 Å². The molecule has 1 aliphatic heterocycles.